The molecule has 21 heavy (non-hydrogen) atoms. The zero-order valence-electron chi connectivity index (χ0n) is 11.7. The first-order chi connectivity index (χ1) is 10.1. The first kappa shape index (κ1) is 13.7. The number of aryl methyl sites for hydroxylation is 1. The van der Waals surface area contributed by atoms with Gasteiger partial charge in [-0.25, -0.2) is 9.59 Å². The van der Waals surface area contributed by atoms with Crippen molar-refractivity contribution in [2.24, 2.45) is 5.92 Å². The van der Waals surface area contributed by atoms with Gasteiger partial charge in [-0.1, -0.05) is 24.0 Å². The molecule has 1 aliphatic carbocycles. The van der Waals surface area contributed by atoms with Gasteiger partial charge in [-0.3, -0.25) is 9.78 Å². The lowest BCUT2D eigenvalue weighted by atomic mass is 9.81. The number of aromatic amines is 1. The highest BCUT2D eigenvalue weighted by Gasteiger charge is 2.20. The molecule has 0 spiro atoms. The Labute approximate surface area is 119 Å². The predicted octanol–water partition coefficient (Wildman–Crippen LogP) is 0.434. The summed E-state index contributed by atoms with van der Waals surface area (Å²) < 4.78 is 5.55. The fraction of sp³-hybridized carbons (Fsp3) is 0.500. The van der Waals surface area contributed by atoms with Crippen LogP contribution in [0.4, 0.5) is 0 Å². The molecule has 0 amide bonds. The van der Waals surface area contributed by atoms with Gasteiger partial charge in [-0.15, -0.1) is 0 Å². The number of nitrogens with zero attached hydrogens (tertiary/aromatic N) is 1. The van der Waals surface area contributed by atoms with E-state index in [1.807, 2.05) is 0 Å². The zero-order chi connectivity index (χ0) is 15.0. The van der Waals surface area contributed by atoms with Crippen LogP contribution in [0.25, 0.3) is 11.1 Å². The van der Waals surface area contributed by atoms with Crippen molar-refractivity contribution >= 4 is 11.1 Å². The Balaban J connectivity index is 2.15. The molecule has 2 aromatic rings. The number of fused-ring (bicyclic) bond motifs is 1. The van der Waals surface area contributed by atoms with E-state index in [4.69, 9.17) is 9.25 Å². The van der Waals surface area contributed by atoms with Gasteiger partial charge in [-0.05, 0) is 24.3 Å². The molecule has 112 valence electrons. The summed E-state index contributed by atoms with van der Waals surface area (Å²) >= 11 is 0. The van der Waals surface area contributed by atoms with Gasteiger partial charge >= 0.3 is 16.9 Å². The van der Waals surface area contributed by atoms with Crippen LogP contribution in [0, 0.1) is 5.92 Å². The van der Waals surface area contributed by atoms with Crippen LogP contribution in [0.15, 0.2) is 24.9 Å². The number of hydrogen-bond acceptors (Lipinski definition) is 5. The molecule has 2 heterocycles. The van der Waals surface area contributed by atoms with Crippen molar-refractivity contribution in [3.8, 4) is 0 Å². The Kier molecular flexibility index (Phi) is 3.40. The summed E-state index contributed by atoms with van der Waals surface area (Å²) in [4.78, 5) is 42.7. The Morgan fingerprint density at radius 1 is 1.38 bits per heavy atom. The average molecular weight is 292 g/mol. The molecule has 1 fully saturated rings. The number of nitrogens with one attached hydrogen (secondary N) is 1. The minimum atomic E-state index is -0.769. The highest BCUT2D eigenvalue weighted by Crippen LogP contribution is 2.30. The molecule has 0 bridgehead atoms. The Morgan fingerprint density at radius 2 is 2.14 bits per heavy atom. The highest BCUT2D eigenvalue weighted by molar-refractivity contribution is 5.75. The van der Waals surface area contributed by atoms with E-state index in [-0.39, 0.29) is 11.1 Å². The van der Waals surface area contributed by atoms with Gasteiger partial charge in [0.15, 0.2) is 0 Å². The van der Waals surface area contributed by atoms with Crippen molar-refractivity contribution < 1.29 is 9.25 Å². The van der Waals surface area contributed by atoms with Gasteiger partial charge in [0.05, 0.1) is 0 Å². The van der Waals surface area contributed by atoms with Gasteiger partial charge in [0.25, 0.3) is 0 Å². The molecule has 0 atom stereocenters. The number of H-pyrrole nitrogens is 1. The van der Waals surface area contributed by atoms with Crippen molar-refractivity contribution in [3.05, 3.63) is 42.9 Å². The maximum Gasteiger partial charge on any atom is 0.364 e. The zero-order valence-corrected chi connectivity index (χ0v) is 11.7. The Hall–Kier alpha value is -2.31. The molecule has 7 heteroatoms. The van der Waals surface area contributed by atoms with Crippen molar-refractivity contribution in [1.29, 1.82) is 0 Å². The smallest absolute Gasteiger partial charge is 0.364 e. The van der Waals surface area contributed by atoms with Gasteiger partial charge in [0, 0.05) is 6.07 Å². The largest absolute Gasteiger partial charge is 0.409 e. The van der Waals surface area contributed by atoms with Crippen LogP contribution in [0.2, 0.25) is 0 Å². The van der Waals surface area contributed by atoms with Crippen LogP contribution in [0.1, 0.15) is 31.2 Å². The summed E-state index contributed by atoms with van der Waals surface area (Å²) in [5, 5.41) is 0.204. The third-order valence-corrected chi connectivity index (χ3v) is 4.08. The second-order valence-corrected chi connectivity index (χ2v) is 5.34. The third-order valence-electron chi connectivity index (χ3n) is 4.08. The average Bonchev–Trinajstić information content (AvgIpc) is 2.36. The molecular weight excluding hydrogens is 276 g/mol. The summed E-state index contributed by atoms with van der Waals surface area (Å²) in [6.07, 6.45) is 5.16. The number of aromatic nitrogens is 2. The first-order valence-electron chi connectivity index (χ1n) is 6.96. The topological polar surface area (TPSA) is 94.3 Å². The molecule has 1 saturated carbocycles. The molecule has 3 rings (SSSR count). The standard InChI is InChI=1S/C14H16N2O5/c1-20-16-13(18)11-9(6-5-8-3-2-4-8)7-10(17)21-12(11)15-14(16)19/h7-8H,2-6H2,1H3,(H,15,19). The van der Waals surface area contributed by atoms with E-state index in [1.165, 1.54) is 32.4 Å². The number of rotatable bonds is 4. The van der Waals surface area contributed by atoms with Crippen LogP contribution in [-0.2, 0) is 6.42 Å². The van der Waals surface area contributed by atoms with Gasteiger partial charge in [-0.2, -0.15) is 0 Å². The van der Waals surface area contributed by atoms with Crippen LogP contribution in [0.3, 0.4) is 0 Å². The number of hydrogen-bond donors (Lipinski definition) is 1. The van der Waals surface area contributed by atoms with E-state index in [0.29, 0.717) is 22.6 Å². The maximum atomic E-state index is 12.3. The first-order valence-corrected chi connectivity index (χ1v) is 6.96. The van der Waals surface area contributed by atoms with Gasteiger partial charge in [0.1, 0.15) is 12.5 Å². The summed E-state index contributed by atoms with van der Waals surface area (Å²) in [5.41, 5.74) is -1.44. The fourth-order valence-corrected chi connectivity index (χ4v) is 2.71. The highest BCUT2D eigenvalue weighted by atomic mass is 16.7. The van der Waals surface area contributed by atoms with Crippen LogP contribution < -0.4 is 21.7 Å². The molecule has 1 aliphatic rings. The quantitative estimate of drug-likeness (QED) is 0.882. The lowest BCUT2D eigenvalue weighted by Gasteiger charge is -2.25. The monoisotopic (exact) mass is 292 g/mol. The predicted molar refractivity (Wildman–Crippen MR) is 75.5 cm³/mol. The molecule has 0 aliphatic heterocycles. The van der Waals surface area contributed by atoms with Gasteiger partial charge < -0.3 is 9.25 Å². The summed E-state index contributed by atoms with van der Waals surface area (Å²) in [7, 11) is 1.23. The fourth-order valence-electron chi connectivity index (χ4n) is 2.71. The summed E-state index contributed by atoms with van der Waals surface area (Å²) in [6, 6.07) is 1.32. The molecule has 0 unspecified atom stereocenters. The minimum Gasteiger partial charge on any atom is -0.409 e. The second-order valence-electron chi connectivity index (χ2n) is 5.34. The normalized spacial score (nSPS) is 15.1. The Morgan fingerprint density at radius 3 is 2.76 bits per heavy atom. The third kappa shape index (κ3) is 2.39. The van der Waals surface area contributed by atoms with E-state index in [2.05, 4.69) is 4.98 Å². The molecule has 7 nitrogen and oxygen atoms in total. The molecule has 2 aromatic heterocycles. The van der Waals surface area contributed by atoms with E-state index < -0.39 is 16.9 Å². The van der Waals surface area contributed by atoms with E-state index >= 15 is 0 Å². The van der Waals surface area contributed by atoms with Crippen molar-refractivity contribution in [1.82, 2.24) is 9.71 Å². The Bertz CT molecular complexity index is 841. The molecule has 1 N–H and O–H groups in total. The molecule has 0 saturated heterocycles. The van der Waals surface area contributed by atoms with Crippen LogP contribution >= 0.6 is 0 Å². The SMILES string of the molecule is COn1c(=O)[nH]c2oc(=O)cc(CCC3CCC3)c2c1=O. The van der Waals surface area contributed by atoms with E-state index in [1.54, 1.807) is 0 Å². The van der Waals surface area contributed by atoms with E-state index in [9.17, 15) is 14.4 Å². The molecule has 0 radical (unpaired) electrons. The van der Waals surface area contributed by atoms with Gasteiger partial charge in [0.2, 0.25) is 5.71 Å². The summed E-state index contributed by atoms with van der Waals surface area (Å²) in [5.74, 6) is 0.653. The summed E-state index contributed by atoms with van der Waals surface area (Å²) in [6.45, 7) is 0. The molecular formula is C14H16N2O5. The van der Waals surface area contributed by atoms with E-state index in [0.717, 1.165) is 6.42 Å². The van der Waals surface area contributed by atoms with Crippen LogP contribution in [0.5, 0.6) is 0 Å². The van der Waals surface area contributed by atoms with Crippen molar-refractivity contribution in [3.63, 3.8) is 0 Å². The maximum absolute atomic E-state index is 12.3. The minimum absolute atomic E-state index is 0.0885. The second kappa shape index (κ2) is 5.23. The van der Waals surface area contributed by atoms with Crippen molar-refractivity contribution in [2.75, 3.05) is 7.11 Å². The lowest BCUT2D eigenvalue weighted by Crippen LogP contribution is -2.39. The van der Waals surface area contributed by atoms with Crippen molar-refractivity contribution in [2.45, 2.75) is 32.1 Å². The molecule has 0 aromatic carbocycles. The van der Waals surface area contributed by atoms with Crippen LogP contribution in [-0.4, -0.2) is 16.8 Å². The lowest BCUT2D eigenvalue weighted by molar-refractivity contribution is 0.145.